The summed E-state index contributed by atoms with van der Waals surface area (Å²) in [6.45, 7) is 0.314. The van der Waals surface area contributed by atoms with Crippen molar-refractivity contribution >= 4 is 18.1 Å². The van der Waals surface area contributed by atoms with Gasteiger partial charge in [0.05, 0.1) is 5.56 Å². The Morgan fingerprint density at radius 1 is 1.22 bits per heavy atom. The number of hydrogen-bond acceptors (Lipinski definition) is 4. The van der Waals surface area contributed by atoms with Crippen LogP contribution in [0.15, 0.2) is 52.8 Å². The summed E-state index contributed by atoms with van der Waals surface area (Å²) in [5.41, 5.74) is 12.6. The maximum Gasteiger partial charge on any atom is 0.253 e. The van der Waals surface area contributed by atoms with E-state index >= 15 is 0 Å². The van der Waals surface area contributed by atoms with Gasteiger partial charge in [0.25, 0.3) is 5.91 Å². The lowest BCUT2D eigenvalue weighted by Gasteiger charge is -2.06. The Hall–Kier alpha value is -3.29. The molecule has 8 heteroatoms. The monoisotopic (exact) mass is 314 g/mol. The lowest BCUT2D eigenvalue weighted by molar-refractivity contribution is 0.0950. The molecule has 1 aromatic carbocycles. The maximum absolute atomic E-state index is 12.7. The molecule has 5 N–H and O–H groups in total. The van der Waals surface area contributed by atoms with Gasteiger partial charge in [0.15, 0.2) is 5.84 Å². The molecule has 7 nitrogen and oxygen atoms in total. The number of amides is 1. The summed E-state index contributed by atoms with van der Waals surface area (Å²) in [5, 5.41) is 9.91. The van der Waals surface area contributed by atoms with Crippen LogP contribution in [0.3, 0.4) is 0 Å². The zero-order valence-corrected chi connectivity index (χ0v) is 12.1. The van der Waals surface area contributed by atoms with Crippen LogP contribution in [-0.2, 0) is 6.54 Å². The first-order valence-corrected chi connectivity index (χ1v) is 6.66. The number of rotatable bonds is 5. The summed E-state index contributed by atoms with van der Waals surface area (Å²) < 4.78 is 12.7. The van der Waals surface area contributed by atoms with Gasteiger partial charge in [-0.25, -0.2) is 4.98 Å². The van der Waals surface area contributed by atoms with Crippen LogP contribution < -0.4 is 16.8 Å². The lowest BCUT2D eigenvalue weighted by atomic mass is 10.1. The Balaban J connectivity index is 1.96. The fourth-order valence-electron chi connectivity index (χ4n) is 1.74. The third kappa shape index (κ3) is 4.60. The van der Waals surface area contributed by atoms with Crippen molar-refractivity contribution in [1.29, 1.82) is 0 Å². The minimum Gasteiger partial charge on any atom is -0.388 e. The van der Waals surface area contributed by atoms with Crippen molar-refractivity contribution in [1.82, 2.24) is 10.3 Å². The molecule has 2 rings (SSSR count). The van der Waals surface area contributed by atoms with Gasteiger partial charge in [0, 0.05) is 18.3 Å². The molecule has 23 heavy (non-hydrogen) atoms. The molecule has 0 fully saturated rings. The van der Waals surface area contributed by atoms with E-state index in [0.717, 1.165) is 18.0 Å². The first-order chi connectivity index (χ1) is 11.1. The molecule has 0 spiro atoms. The van der Waals surface area contributed by atoms with Crippen molar-refractivity contribution < 1.29 is 9.18 Å². The number of carbonyl (C=O) groups excluding carboxylic acids is 1. The van der Waals surface area contributed by atoms with Gasteiger partial charge in [-0.15, -0.1) is 10.2 Å². The van der Waals surface area contributed by atoms with Crippen molar-refractivity contribution in [3.63, 3.8) is 0 Å². The van der Waals surface area contributed by atoms with Gasteiger partial charge in [0.2, 0.25) is 5.95 Å². The molecule has 1 amide bonds. The smallest absolute Gasteiger partial charge is 0.253 e. The lowest BCUT2D eigenvalue weighted by Crippen LogP contribution is -2.23. The van der Waals surface area contributed by atoms with E-state index < -0.39 is 5.95 Å². The quantitative estimate of drug-likeness (QED) is 0.327. The van der Waals surface area contributed by atoms with Crippen molar-refractivity contribution in [2.24, 2.45) is 21.7 Å². The first-order valence-electron chi connectivity index (χ1n) is 6.66. The van der Waals surface area contributed by atoms with Crippen molar-refractivity contribution in [3.05, 3.63) is 65.2 Å². The van der Waals surface area contributed by atoms with Crippen molar-refractivity contribution in [3.8, 4) is 0 Å². The molecule has 1 heterocycles. The molecule has 118 valence electrons. The molecule has 0 radical (unpaired) electrons. The van der Waals surface area contributed by atoms with Crippen LogP contribution in [0.2, 0.25) is 0 Å². The third-order valence-electron chi connectivity index (χ3n) is 2.92. The second-order valence-corrected chi connectivity index (χ2v) is 4.50. The average molecular weight is 314 g/mol. The van der Waals surface area contributed by atoms with Gasteiger partial charge < -0.3 is 16.8 Å². The molecular formula is C15H15FN6O. The number of halogens is 1. The molecule has 0 saturated heterocycles. The average Bonchev–Trinajstić information content (AvgIpc) is 2.58. The van der Waals surface area contributed by atoms with Gasteiger partial charge in [-0.05, 0) is 17.7 Å². The number of amidine groups is 1. The van der Waals surface area contributed by atoms with Gasteiger partial charge in [0.1, 0.15) is 6.34 Å². The van der Waals surface area contributed by atoms with Gasteiger partial charge in [-0.1, -0.05) is 24.3 Å². The highest BCUT2D eigenvalue weighted by Gasteiger charge is 2.06. The Kier molecular flexibility index (Phi) is 5.35. The SMILES string of the molecule is N/C=N\N=C(/N)c1ccc(CNC(=O)c2ccc(F)nc2)cc1. The summed E-state index contributed by atoms with van der Waals surface area (Å²) in [6, 6.07) is 9.61. The van der Waals surface area contributed by atoms with Crippen LogP contribution >= 0.6 is 0 Å². The molecule has 0 bridgehead atoms. The Labute approximate surface area is 131 Å². The van der Waals surface area contributed by atoms with Crippen LogP contribution in [-0.4, -0.2) is 23.1 Å². The normalized spacial score (nSPS) is 11.6. The fourth-order valence-corrected chi connectivity index (χ4v) is 1.74. The number of hydrogen-bond donors (Lipinski definition) is 3. The van der Waals surface area contributed by atoms with Crippen LogP contribution in [0.1, 0.15) is 21.5 Å². The van der Waals surface area contributed by atoms with Crippen LogP contribution in [0, 0.1) is 5.95 Å². The fraction of sp³-hybridized carbons (Fsp3) is 0.0667. The zero-order valence-electron chi connectivity index (χ0n) is 12.1. The number of carbonyl (C=O) groups is 1. The van der Waals surface area contributed by atoms with E-state index in [4.69, 9.17) is 11.5 Å². The van der Waals surface area contributed by atoms with Crippen LogP contribution in [0.5, 0.6) is 0 Å². The number of nitrogens with zero attached hydrogens (tertiary/aromatic N) is 3. The minimum atomic E-state index is -0.629. The summed E-state index contributed by atoms with van der Waals surface area (Å²) in [4.78, 5) is 15.3. The molecule has 0 aliphatic heterocycles. The second-order valence-electron chi connectivity index (χ2n) is 4.50. The molecule has 2 aromatic rings. The largest absolute Gasteiger partial charge is 0.388 e. The standard InChI is InChI=1S/C15H15FN6O/c16-13-6-5-12(8-19-13)15(23)20-7-10-1-3-11(4-2-10)14(18)22-21-9-17/h1-6,8-9H,7H2,(H2,17,21)(H2,18,22)(H,20,23). The molecule has 0 unspecified atom stereocenters. The summed E-state index contributed by atoms with van der Waals surface area (Å²) in [5.74, 6) is -0.727. The minimum absolute atomic E-state index is 0.236. The van der Waals surface area contributed by atoms with E-state index in [0.29, 0.717) is 17.7 Å². The number of nitrogens with one attached hydrogen (secondary N) is 1. The Bertz CT molecular complexity index is 725. The number of pyridine rings is 1. The highest BCUT2D eigenvalue weighted by molar-refractivity contribution is 5.97. The highest BCUT2D eigenvalue weighted by Crippen LogP contribution is 2.05. The van der Waals surface area contributed by atoms with E-state index in [1.807, 2.05) is 0 Å². The molecule has 0 aliphatic carbocycles. The van der Waals surface area contributed by atoms with Gasteiger partial charge in [-0.3, -0.25) is 4.79 Å². The van der Waals surface area contributed by atoms with E-state index in [-0.39, 0.29) is 11.7 Å². The summed E-state index contributed by atoms with van der Waals surface area (Å²) >= 11 is 0. The third-order valence-corrected chi connectivity index (χ3v) is 2.92. The molecule has 1 aromatic heterocycles. The Morgan fingerprint density at radius 2 is 1.91 bits per heavy atom. The topological polar surface area (TPSA) is 119 Å². The predicted octanol–water partition coefficient (Wildman–Crippen LogP) is 0.758. The number of nitrogens with two attached hydrogens (primary N) is 2. The van der Waals surface area contributed by atoms with Crippen LogP contribution in [0.4, 0.5) is 4.39 Å². The highest BCUT2D eigenvalue weighted by atomic mass is 19.1. The number of benzene rings is 1. The molecule has 0 atom stereocenters. The Morgan fingerprint density at radius 3 is 2.52 bits per heavy atom. The van der Waals surface area contributed by atoms with Gasteiger partial charge in [-0.2, -0.15) is 4.39 Å². The summed E-state index contributed by atoms with van der Waals surface area (Å²) in [7, 11) is 0. The van der Waals surface area contributed by atoms with Crippen molar-refractivity contribution in [2.45, 2.75) is 6.54 Å². The summed E-state index contributed by atoms with van der Waals surface area (Å²) in [6.07, 6.45) is 2.23. The first kappa shape index (κ1) is 16.1. The molecule has 0 aliphatic rings. The second kappa shape index (κ2) is 7.64. The van der Waals surface area contributed by atoms with Gasteiger partial charge >= 0.3 is 0 Å². The van der Waals surface area contributed by atoms with E-state index in [1.165, 1.54) is 12.3 Å². The van der Waals surface area contributed by atoms with E-state index in [9.17, 15) is 9.18 Å². The van der Waals surface area contributed by atoms with E-state index in [2.05, 4.69) is 20.5 Å². The van der Waals surface area contributed by atoms with E-state index in [1.54, 1.807) is 24.3 Å². The molecule has 0 saturated carbocycles. The predicted molar refractivity (Wildman–Crippen MR) is 85.2 cm³/mol. The maximum atomic E-state index is 12.7. The van der Waals surface area contributed by atoms with Crippen LogP contribution in [0.25, 0.3) is 0 Å². The molecular weight excluding hydrogens is 299 g/mol. The number of aromatic nitrogens is 1. The van der Waals surface area contributed by atoms with Crippen molar-refractivity contribution in [2.75, 3.05) is 0 Å². The zero-order chi connectivity index (χ0) is 16.7.